The third-order valence-corrected chi connectivity index (χ3v) is 4.34. The molecule has 142 valence electrons. The molecule has 3 rings (SSSR count). The molecule has 1 amide bonds. The predicted octanol–water partition coefficient (Wildman–Crippen LogP) is 3.63. The summed E-state index contributed by atoms with van der Waals surface area (Å²) < 4.78 is 41.7. The Kier molecular flexibility index (Phi) is 5.07. The standard InChI is InChI=1S/C19H16F3NO4/c20-19(21,22)27-15-9-5-4-8-12(15)13-10-14(13)17(24)23-16(18(25)26)11-6-2-1-3-7-11/h1-9,13-14,16H,10H2,(H,23,24)(H,25,26)/t13?,14?,16-/m0/s1. The molecule has 5 nitrogen and oxygen atoms in total. The highest BCUT2D eigenvalue weighted by Gasteiger charge is 2.47. The van der Waals surface area contributed by atoms with Gasteiger partial charge in [0.15, 0.2) is 6.04 Å². The van der Waals surface area contributed by atoms with Crippen molar-refractivity contribution in [3.63, 3.8) is 0 Å². The van der Waals surface area contributed by atoms with Crippen molar-refractivity contribution >= 4 is 11.9 Å². The number of hydrogen-bond acceptors (Lipinski definition) is 3. The van der Waals surface area contributed by atoms with Crippen LogP contribution in [0, 0.1) is 5.92 Å². The van der Waals surface area contributed by atoms with Crippen molar-refractivity contribution in [1.29, 1.82) is 0 Å². The van der Waals surface area contributed by atoms with Crippen molar-refractivity contribution in [2.24, 2.45) is 5.92 Å². The monoisotopic (exact) mass is 379 g/mol. The summed E-state index contributed by atoms with van der Waals surface area (Å²) in [4.78, 5) is 23.9. The average molecular weight is 379 g/mol. The number of hydrogen-bond donors (Lipinski definition) is 2. The highest BCUT2D eigenvalue weighted by atomic mass is 19.4. The Morgan fingerprint density at radius 1 is 1.07 bits per heavy atom. The third kappa shape index (κ3) is 4.58. The molecule has 27 heavy (non-hydrogen) atoms. The van der Waals surface area contributed by atoms with Crippen molar-refractivity contribution in [3.05, 3.63) is 65.7 Å². The second-order valence-electron chi connectivity index (χ2n) is 6.22. The molecule has 1 aliphatic rings. The lowest BCUT2D eigenvalue weighted by molar-refractivity contribution is -0.274. The summed E-state index contributed by atoms with van der Waals surface area (Å²) in [5.41, 5.74) is 0.693. The van der Waals surface area contributed by atoms with E-state index in [1.165, 1.54) is 18.2 Å². The van der Waals surface area contributed by atoms with E-state index >= 15 is 0 Å². The zero-order valence-electron chi connectivity index (χ0n) is 13.9. The van der Waals surface area contributed by atoms with Crippen molar-refractivity contribution in [2.75, 3.05) is 0 Å². The Morgan fingerprint density at radius 2 is 1.70 bits per heavy atom. The molecule has 2 N–H and O–H groups in total. The van der Waals surface area contributed by atoms with E-state index in [0.29, 0.717) is 12.0 Å². The predicted molar refractivity (Wildman–Crippen MR) is 88.9 cm³/mol. The van der Waals surface area contributed by atoms with Crippen LogP contribution < -0.4 is 10.1 Å². The normalized spacial score (nSPS) is 19.8. The fourth-order valence-corrected chi connectivity index (χ4v) is 3.02. The van der Waals surface area contributed by atoms with E-state index < -0.39 is 36.1 Å². The molecule has 1 fully saturated rings. The SMILES string of the molecule is O=C(N[C@H](C(=O)O)c1ccccc1)C1CC1c1ccccc1OC(F)(F)F. The molecule has 0 spiro atoms. The maximum absolute atomic E-state index is 12.5. The number of ether oxygens (including phenoxy) is 1. The number of halogens is 3. The first-order valence-corrected chi connectivity index (χ1v) is 8.19. The summed E-state index contributed by atoms with van der Waals surface area (Å²) in [6, 6.07) is 12.6. The largest absolute Gasteiger partial charge is 0.573 e. The van der Waals surface area contributed by atoms with Gasteiger partial charge in [0.25, 0.3) is 0 Å². The fourth-order valence-electron chi connectivity index (χ4n) is 3.02. The van der Waals surface area contributed by atoms with Gasteiger partial charge in [-0.1, -0.05) is 48.5 Å². The van der Waals surface area contributed by atoms with Crippen LogP contribution in [0.1, 0.15) is 29.5 Å². The van der Waals surface area contributed by atoms with Crippen LogP contribution in [0.3, 0.4) is 0 Å². The van der Waals surface area contributed by atoms with E-state index in [1.54, 1.807) is 36.4 Å². The molecular formula is C19H16F3NO4. The molecule has 2 aromatic rings. The quantitative estimate of drug-likeness (QED) is 0.804. The summed E-state index contributed by atoms with van der Waals surface area (Å²) in [5, 5.41) is 11.8. The number of aliphatic carboxylic acids is 1. The van der Waals surface area contributed by atoms with Gasteiger partial charge >= 0.3 is 12.3 Å². The number of carbonyl (C=O) groups excluding carboxylic acids is 1. The Morgan fingerprint density at radius 3 is 2.33 bits per heavy atom. The van der Waals surface area contributed by atoms with Crippen LogP contribution in [0.15, 0.2) is 54.6 Å². The van der Waals surface area contributed by atoms with Crippen molar-refractivity contribution in [3.8, 4) is 5.75 Å². The molecule has 0 aromatic heterocycles. The Hall–Kier alpha value is -3.03. The zero-order valence-corrected chi connectivity index (χ0v) is 13.9. The molecule has 0 bridgehead atoms. The molecule has 8 heteroatoms. The molecule has 1 aliphatic carbocycles. The van der Waals surface area contributed by atoms with Gasteiger partial charge in [-0.2, -0.15) is 0 Å². The highest BCUT2D eigenvalue weighted by molar-refractivity contribution is 5.88. The minimum atomic E-state index is -4.83. The maximum atomic E-state index is 12.5. The molecule has 2 unspecified atom stereocenters. The van der Waals surface area contributed by atoms with Gasteiger partial charge in [0.05, 0.1) is 0 Å². The minimum absolute atomic E-state index is 0.279. The summed E-state index contributed by atoms with van der Waals surface area (Å²) in [6.07, 6.45) is -4.50. The van der Waals surface area contributed by atoms with Crippen LogP contribution in [-0.2, 0) is 9.59 Å². The van der Waals surface area contributed by atoms with Gasteiger partial charge in [-0.15, -0.1) is 13.2 Å². The van der Waals surface area contributed by atoms with E-state index in [2.05, 4.69) is 10.1 Å². The van der Waals surface area contributed by atoms with Gasteiger partial charge in [-0.25, -0.2) is 4.79 Å². The van der Waals surface area contributed by atoms with Gasteiger partial charge < -0.3 is 15.2 Å². The van der Waals surface area contributed by atoms with Crippen LogP contribution >= 0.6 is 0 Å². The number of rotatable bonds is 6. The van der Waals surface area contributed by atoms with E-state index in [1.807, 2.05) is 0 Å². The number of nitrogens with one attached hydrogen (secondary N) is 1. The third-order valence-electron chi connectivity index (χ3n) is 4.34. The maximum Gasteiger partial charge on any atom is 0.573 e. The Balaban J connectivity index is 1.72. The van der Waals surface area contributed by atoms with Gasteiger partial charge in [-0.05, 0) is 29.5 Å². The number of amides is 1. The molecule has 3 atom stereocenters. The molecule has 0 aliphatic heterocycles. The lowest BCUT2D eigenvalue weighted by atomic mass is 10.1. The first kappa shape index (κ1) is 18.8. The summed E-state index contributed by atoms with van der Waals surface area (Å²) in [5.74, 6) is -3.13. The number of carbonyl (C=O) groups is 2. The lowest BCUT2D eigenvalue weighted by Crippen LogP contribution is -2.35. The van der Waals surface area contributed by atoms with Crippen LogP contribution in [0.2, 0.25) is 0 Å². The van der Waals surface area contributed by atoms with Gasteiger partial charge in [0, 0.05) is 5.92 Å². The van der Waals surface area contributed by atoms with Crippen LogP contribution in [-0.4, -0.2) is 23.3 Å². The molecule has 1 saturated carbocycles. The average Bonchev–Trinajstić information content (AvgIpc) is 3.40. The highest BCUT2D eigenvalue weighted by Crippen LogP contribution is 2.51. The smallest absolute Gasteiger partial charge is 0.479 e. The fraction of sp³-hybridized carbons (Fsp3) is 0.263. The Bertz CT molecular complexity index is 838. The number of carboxylic acid groups (broad SMARTS) is 1. The van der Waals surface area contributed by atoms with Gasteiger partial charge in [0.1, 0.15) is 5.75 Å². The molecule has 2 aromatic carbocycles. The zero-order chi connectivity index (χ0) is 19.6. The van der Waals surface area contributed by atoms with Crippen molar-refractivity contribution in [1.82, 2.24) is 5.32 Å². The van der Waals surface area contributed by atoms with Crippen LogP contribution in [0.5, 0.6) is 5.75 Å². The van der Waals surface area contributed by atoms with E-state index in [4.69, 9.17) is 0 Å². The number of para-hydroxylation sites is 1. The van der Waals surface area contributed by atoms with Crippen molar-refractivity contribution in [2.45, 2.75) is 24.7 Å². The number of alkyl halides is 3. The van der Waals surface area contributed by atoms with Gasteiger partial charge in [0.2, 0.25) is 5.91 Å². The van der Waals surface area contributed by atoms with E-state index in [9.17, 15) is 27.9 Å². The molecule has 0 heterocycles. The van der Waals surface area contributed by atoms with E-state index in [0.717, 1.165) is 0 Å². The molecule has 0 saturated heterocycles. The number of carboxylic acids is 1. The van der Waals surface area contributed by atoms with Gasteiger partial charge in [-0.3, -0.25) is 4.79 Å². The molecular weight excluding hydrogens is 363 g/mol. The summed E-state index contributed by atoms with van der Waals surface area (Å²) >= 11 is 0. The minimum Gasteiger partial charge on any atom is -0.479 e. The first-order valence-electron chi connectivity index (χ1n) is 8.19. The summed E-state index contributed by atoms with van der Waals surface area (Å²) in [6.45, 7) is 0. The topological polar surface area (TPSA) is 75.6 Å². The van der Waals surface area contributed by atoms with E-state index in [-0.39, 0.29) is 11.3 Å². The van der Waals surface area contributed by atoms with Crippen LogP contribution in [0.4, 0.5) is 13.2 Å². The second kappa shape index (κ2) is 7.30. The van der Waals surface area contributed by atoms with Crippen LogP contribution in [0.25, 0.3) is 0 Å². The second-order valence-corrected chi connectivity index (χ2v) is 6.22. The summed E-state index contributed by atoms with van der Waals surface area (Å²) in [7, 11) is 0. The van der Waals surface area contributed by atoms with Crippen molar-refractivity contribution < 1.29 is 32.6 Å². The lowest BCUT2D eigenvalue weighted by Gasteiger charge is -2.15. The first-order chi connectivity index (χ1) is 12.8. The number of benzene rings is 2. The Labute approximate surface area is 152 Å². The molecule has 0 radical (unpaired) electrons.